The molecule has 2 fully saturated rings. The van der Waals surface area contributed by atoms with E-state index in [4.69, 9.17) is 0 Å². The molecule has 0 spiro atoms. The first-order valence-electron chi connectivity index (χ1n) is 11.2. The minimum absolute atomic E-state index is 0.210. The largest absolute Gasteiger partial charge is 0.388 e. The van der Waals surface area contributed by atoms with E-state index in [-0.39, 0.29) is 11.9 Å². The van der Waals surface area contributed by atoms with Gasteiger partial charge in [0, 0.05) is 36.5 Å². The van der Waals surface area contributed by atoms with Crippen molar-refractivity contribution in [2.45, 2.75) is 63.0 Å². The summed E-state index contributed by atoms with van der Waals surface area (Å²) < 4.78 is 14.7. The number of rotatable bonds is 5. The van der Waals surface area contributed by atoms with E-state index < -0.39 is 5.60 Å². The van der Waals surface area contributed by atoms with Gasteiger partial charge in [0.25, 0.3) is 0 Å². The second-order valence-electron chi connectivity index (χ2n) is 9.00. The molecule has 2 N–H and O–H groups in total. The number of nitrogens with one attached hydrogen (secondary N) is 1. The molecule has 5 rings (SSSR count). The molecule has 0 amide bonds. The predicted octanol–water partition coefficient (Wildman–Crippen LogP) is 3.23. The molecule has 1 saturated carbocycles. The maximum atomic E-state index is 14.7. The van der Waals surface area contributed by atoms with E-state index in [1.54, 1.807) is 12.3 Å². The van der Waals surface area contributed by atoms with E-state index in [1.165, 1.54) is 6.07 Å². The van der Waals surface area contributed by atoms with E-state index in [9.17, 15) is 9.50 Å². The predicted molar refractivity (Wildman–Crippen MR) is 114 cm³/mol. The van der Waals surface area contributed by atoms with Crippen molar-refractivity contribution in [3.8, 4) is 0 Å². The number of aliphatic imine (C=N–C) groups is 1. The molecule has 0 bridgehead atoms. The lowest BCUT2D eigenvalue weighted by Gasteiger charge is -2.47. The fourth-order valence-corrected chi connectivity index (χ4v) is 5.11. The SMILES string of the molecule is OC1(C2CC(CCc3ccc(F)c(C4=NCCc5ncccc54)n3)CCN2)CCC1. The lowest BCUT2D eigenvalue weighted by atomic mass is 9.70. The molecule has 30 heavy (non-hydrogen) atoms. The second kappa shape index (κ2) is 8.16. The van der Waals surface area contributed by atoms with Crippen molar-refractivity contribution in [2.24, 2.45) is 10.9 Å². The Labute approximate surface area is 176 Å². The molecule has 2 unspecified atom stereocenters. The van der Waals surface area contributed by atoms with Crippen LogP contribution in [0, 0.1) is 11.7 Å². The normalized spacial score (nSPS) is 25.2. The maximum Gasteiger partial charge on any atom is 0.151 e. The van der Waals surface area contributed by atoms with Gasteiger partial charge in [0.1, 0.15) is 5.69 Å². The summed E-state index contributed by atoms with van der Waals surface area (Å²) in [5, 5.41) is 14.2. The summed E-state index contributed by atoms with van der Waals surface area (Å²) in [4.78, 5) is 13.7. The number of nitrogens with zero attached hydrogens (tertiary/aromatic N) is 3. The number of aliphatic hydroxyl groups is 1. The number of halogens is 1. The highest BCUT2D eigenvalue weighted by Gasteiger charge is 2.43. The van der Waals surface area contributed by atoms with Crippen molar-refractivity contribution < 1.29 is 9.50 Å². The standard InChI is InChI=1S/C24H29FN4O/c25-19-7-6-17(5-4-16-8-13-27-21(15-16)24(30)10-2-11-24)29-23(19)22-18-3-1-12-26-20(18)9-14-28-22/h1,3,6-7,12,16,21,27,30H,2,4-5,8-11,13-15H2. The summed E-state index contributed by atoms with van der Waals surface area (Å²) in [6.45, 7) is 1.57. The second-order valence-corrected chi connectivity index (χ2v) is 9.00. The van der Waals surface area contributed by atoms with Crippen LogP contribution < -0.4 is 5.32 Å². The Morgan fingerprint density at radius 3 is 2.97 bits per heavy atom. The third-order valence-electron chi connectivity index (χ3n) is 7.08. The van der Waals surface area contributed by atoms with Gasteiger partial charge in [-0.2, -0.15) is 0 Å². The van der Waals surface area contributed by atoms with Crippen LogP contribution in [-0.4, -0.2) is 45.5 Å². The molecule has 2 aromatic heterocycles. The van der Waals surface area contributed by atoms with Gasteiger partial charge in [0.05, 0.1) is 17.0 Å². The van der Waals surface area contributed by atoms with Gasteiger partial charge in [0.2, 0.25) is 0 Å². The minimum atomic E-state index is -0.499. The first kappa shape index (κ1) is 19.8. The van der Waals surface area contributed by atoms with Crippen molar-refractivity contribution in [3.63, 3.8) is 0 Å². The number of aryl methyl sites for hydroxylation is 1. The Hall–Kier alpha value is -2.18. The zero-order valence-electron chi connectivity index (χ0n) is 17.3. The van der Waals surface area contributed by atoms with E-state index in [0.29, 0.717) is 23.9 Å². The molecule has 2 aromatic rings. The Bertz CT molecular complexity index is 956. The Balaban J connectivity index is 1.29. The third kappa shape index (κ3) is 3.79. The molecule has 6 heteroatoms. The Morgan fingerprint density at radius 1 is 1.23 bits per heavy atom. The minimum Gasteiger partial charge on any atom is -0.388 e. The number of hydrogen-bond acceptors (Lipinski definition) is 5. The average molecular weight is 409 g/mol. The molecule has 2 aliphatic heterocycles. The van der Waals surface area contributed by atoms with Crippen LogP contribution in [0.1, 0.15) is 61.2 Å². The van der Waals surface area contributed by atoms with E-state index in [1.807, 2.05) is 12.1 Å². The van der Waals surface area contributed by atoms with Crippen molar-refractivity contribution >= 4 is 5.71 Å². The summed E-state index contributed by atoms with van der Waals surface area (Å²) in [5.74, 6) is 0.233. The lowest BCUT2D eigenvalue weighted by Crippen LogP contribution is -2.57. The van der Waals surface area contributed by atoms with Gasteiger partial charge in [-0.3, -0.25) is 9.98 Å². The van der Waals surface area contributed by atoms with Gasteiger partial charge in [-0.05, 0) is 81.7 Å². The third-order valence-corrected chi connectivity index (χ3v) is 7.08. The number of pyridine rings is 2. The number of fused-ring (bicyclic) bond motifs is 1. The van der Waals surface area contributed by atoms with Gasteiger partial charge in [-0.1, -0.05) is 0 Å². The number of piperidine rings is 1. The van der Waals surface area contributed by atoms with Crippen LogP contribution in [0.2, 0.25) is 0 Å². The zero-order chi connectivity index (χ0) is 20.6. The van der Waals surface area contributed by atoms with Crippen LogP contribution in [0.15, 0.2) is 35.5 Å². The topological polar surface area (TPSA) is 70.4 Å². The van der Waals surface area contributed by atoms with Gasteiger partial charge in [-0.15, -0.1) is 0 Å². The van der Waals surface area contributed by atoms with Crippen LogP contribution >= 0.6 is 0 Å². The molecule has 4 heterocycles. The molecular formula is C24H29FN4O. The molecule has 3 aliphatic rings. The van der Waals surface area contributed by atoms with Gasteiger partial charge in [-0.25, -0.2) is 9.37 Å². The number of hydrogen-bond donors (Lipinski definition) is 2. The van der Waals surface area contributed by atoms with Crippen molar-refractivity contribution in [1.82, 2.24) is 15.3 Å². The van der Waals surface area contributed by atoms with Crippen LogP contribution in [0.4, 0.5) is 4.39 Å². The Morgan fingerprint density at radius 2 is 2.13 bits per heavy atom. The molecule has 5 nitrogen and oxygen atoms in total. The summed E-state index contributed by atoms with van der Waals surface area (Å²) in [6, 6.07) is 7.35. The maximum absolute atomic E-state index is 14.7. The van der Waals surface area contributed by atoms with Gasteiger partial charge >= 0.3 is 0 Å². The Kier molecular flexibility index (Phi) is 5.37. The van der Waals surface area contributed by atoms with E-state index in [2.05, 4.69) is 20.3 Å². The molecule has 1 saturated heterocycles. The molecule has 2 atom stereocenters. The lowest BCUT2D eigenvalue weighted by molar-refractivity contribution is -0.0764. The van der Waals surface area contributed by atoms with Crippen LogP contribution in [0.3, 0.4) is 0 Å². The molecular weight excluding hydrogens is 379 g/mol. The van der Waals surface area contributed by atoms with Crippen molar-refractivity contribution in [3.05, 3.63) is 58.9 Å². The highest BCUT2D eigenvalue weighted by atomic mass is 19.1. The van der Waals surface area contributed by atoms with Gasteiger partial charge < -0.3 is 10.4 Å². The summed E-state index contributed by atoms with van der Waals surface area (Å²) >= 11 is 0. The van der Waals surface area contributed by atoms with E-state index >= 15 is 0 Å². The first-order valence-corrected chi connectivity index (χ1v) is 11.2. The average Bonchev–Trinajstić information content (AvgIpc) is 2.77. The summed E-state index contributed by atoms with van der Waals surface area (Å²) in [7, 11) is 0. The van der Waals surface area contributed by atoms with Crippen LogP contribution in [-0.2, 0) is 12.8 Å². The highest BCUT2D eigenvalue weighted by molar-refractivity contribution is 6.13. The quantitative estimate of drug-likeness (QED) is 0.797. The molecule has 0 aromatic carbocycles. The van der Waals surface area contributed by atoms with Crippen LogP contribution in [0.25, 0.3) is 0 Å². The van der Waals surface area contributed by atoms with E-state index in [0.717, 1.165) is 74.9 Å². The highest BCUT2D eigenvalue weighted by Crippen LogP contribution is 2.39. The fourth-order valence-electron chi connectivity index (χ4n) is 5.11. The fraction of sp³-hybridized carbons (Fsp3) is 0.542. The van der Waals surface area contributed by atoms with Gasteiger partial charge in [0.15, 0.2) is 5.82 Å². The number of aromatic nitrogens is 2. The van der Waals surface area contributed by atoms with Crippen molar-refractivity contribution in [2.75, 3.05) is 13.1 Å². The molecule has 158 valence electrons. The zero-order valence-corrected chi connectivity index (χ0v) is 17.3. The molecule has 1 aliphatic carbocycles. The van der Waals surface area contributed by atoms with Crippen molar-refractivity contribution in [1.29, 1.82) is 0 Å². The molecule has 0 radical (unpaired) electrons. The van der Waals surface area contributed by atoms with Crippen LogP contribution in [0.5, 0.6) is 0 Å². The smallest absolute Gasteiger partial charge is 0.151 e. The first-order chi connectivity index (χ1) is 14.6. The summed E-state index contributed by atoms with van der Waals surface area (Å²) in [6.07, 6.45) is 9.47. The monoisotopic (exact) mass is 408 g/mol. The summed E-state index contributed by atoms with van der Waals surface area (Å²) in [5.41, 5.74) is 3.22.